The summed E-state index contributed by atoms with van der Waals surface area (Å²) in [6.07, 6.45) is 4.32. The van der Waals surface area contributed by atoms with Crippen molar-refractivity contribution in [2.45, 2.75) is 44.4 Å². The van der Waals surface area contributed by atoms with Gasteiger partial charge in [0.25, 0.3) is 0 Å². The highest BCUT2D eigenvalue weighted by atomic mass is 16.5. The number of likely N-dealkylation sites (tertiary alicyclic amines) is 1. The molecular weight excluding hydrogens is 226 g/mol. The Morgan fingerprint density at radius 1 is 1.39 bits per heavy atom. The normalized spacial score (nSPS) is 33.7. The molecule has 4 nitrogen and oxygen atoms in total. The third kappa shape index (κ3) is 3.67. The van der Waals surface area contributed by atoms with Gasteiger partial charge in [0.1, 0.15) is 0 Å². The summed E-state index contributed by atoms with van der Waals surface area (Å²) in [5.74, 6) is 0. The first-order valence-electron chi connectivity index (χ1n) is 7.41. The number of rotatable bonds is 6. The molecule has 0 amide bonds. The summed E-state index contributed by atoms with van der Waals surface area (Å²) in [5, 5.41) is 3.56. The van der Waals surface area contributed by atoms with E-state index in [1.165, 1.54) is 32.5 Å². The molecule has 0 saturated carbocycles. The number of nitrogens with zero attached hydrogens (tertiary/aromatic N) is 2. The fourth-order valence-electron chi connectivity index (χ4n) is 3.43. The molecule has 0 aromatic heterocycles. The van der Waals surface area contributed by atoms with Crippen LogP contribution < -0.4 is 5.32 Å². The number of methoxy groups -OCH3 is 1. The second-order valence-electron chi connectivity index (χ2n) is 5.84. The van der Waals surface area contributed by atoms with Crippen LogP contribution in [0.15, 0.2) is 0 Å². The molecule has 2 aliphatic rings. The Hall–Kier alpha value is -0.160. The van der Waals surface area contributed by atoms with Gasteiger partial charge < -0.3 is 15.0 Å². The zero-order chi connectivity index (χ0) is 13.0. The van der Waals surface area contributed by atoms with E-state index >= 15 is 0 Å². The van der Waals surface area contributed by atoms with Crippen molar-refractivity contribution in [1.82, 2.24) is 15.1 Å². The number of likely N-dealkylation sites (N-methyl/N-ethyl adjacent to an activating group) is 2. The summed E-state index contributed by atoms with van der Waals surface area (Å²) >= 11 is 0. The lowest BCUT2D eigenvalue weighted by Crippen LogP contribution is -2.43. The second-order valence-corrected chi connectivity index (χ2v) is 5.84. The first-order chi connectivity index (χ1) is 8.72. The van der Waals surface area contributed by atoms with E-state index in [9.17, 15) is 0 Å². The molecule has 1 N–H and O–H groups in total. The first kappa shape index (κ1) is 14.3. The fraction of sp³-hybridized carbons (Fsp3) is 1.00. The van der Waals surface area contributed by atoms with Gasteiger partial charge in [0, 0.05) is 38.8 Å². The topological polar surface area (TPSA) is 27.7 Å². The highest BCUT2D eigenvalue weighted by Crippen LogP contribution is 2.18. The maximum atomic E-state index is 5.40. The molecule has 2 rings (SSSR count). The Kier molecular flexibility index (Phi) is 5.42. The molecule has 2 aliphatic heterocycles. The average molecular weight is 255 g/mol. The van der Waals surface area contributed by atoms with Crippen LogP contribution in [0.2, 0.25) is 0 Å². The van der Waals surface area contributed by atoms with Gasteiger partial charge in [-0.3, -0.25) is 4.90 Å². The zero-order valence-corrected chi connectivity index (χ0v) is 12.2. The highest BCUT2D eigenvalue weighted by molar-refractivity contribution is 4.86. The molecule has 0 aliphatic carbocycles. The molecule has 0 bridgehead atoms. The minimum atomic E-state index is 0.419. The van der Waals surface area contributed by atoms with Crippen LogP contribution in [-0.4, -0.2) is 74.9 Å². The largest absolute Gasteiger partial charge is 0.380 e. The predicted molar refractivity (Wildman–Crippen MR) is 75.0 cm³/mol. The van der Waals surface area contributed by atoms with Crippen molar-refractivity contribution < 1.29 is 4.74 Å². The maximum Gasteiger partial charge on any atom is 0.0711 e. The molecule has 3 atom stereocenters. The Labute approximate surface area is 112 Å². The van der Waals surface area contributed by atoms with E-state index in [4.69, 9.17) is 4.74 Å². The summed E-state index contributed by atoms with van der Waals surface area (Å²) in [6, 6.07) is 1.39. The SMILES string of the molecule is CCN1CCCC1CN(C)CC1CC(OC)CN1. The van der Waals surface area contributed by atoms with Crippen LogP contribution in [0.3, 0.4) is 0 Å². The maximum absolute atomic E-state index is 5.40. The Morgan fingerprint density at radius 3 is 2.89 bits per heavy atom. The molecule has 0 radical (unpaired) electrons. The van der Waals surface area contributed by atoms with E-state index < -0.39 is 0 Å². The Bertz CT molecular complexity index is 249. The molecule has 0 aromatic rings. The fourth-order valence-corrected chi connectivity index (χ4v) is 3.43. The number of hydrogen-bond donors (Lipinski definition) is 1. The van der Waals surface area contributed by atoms with E-state index in [0.29, 0.717) is 12.1 Å². The second kappa shape index (κ2) is 6.85. The van der Waals surface area contributed by atoms with Gasteiger partial charge >= 0.3 is 0 Å². The Balaban J connectivity index is 1.70. The van der Waals surface area contributed by atoms with E-state index in [1.54, 1.807) is 0 Å². The van der Waals surface area contributed by atoms with Crippen molar-refractivity contribution in [1.29, 1.82) is 0 Å². The molecule has 2 fully saturated rings. The lowest BCUT2D eigenvalue weighted by molar-refractivity contribution is 0.115. The zero-order valence-electron chi connectivity index (χ0n) is 12.2. The summed E-state index contributed by atoms with van der Waals surface area (Å²) < 4.78 is 5.40. The van der Waals surface area contributed by atoms with Crippen molar-refractivity contribution >= 4 is 0 Å². The van der Waals surface area contributed by atoms with Crippen LogP contribution in [0, 0.1) is 0 Å². The monoisotopic (exact) mass is 255 g/mol. The molecule has 0 spiro atoms. The predicted octanol–water partition coefficient (Wildman–Crippen LogP) is 0.779. The van der Waals surface area contributed by atoms with Gasteiger partial charge in [-0.25, -0.2) is 0 Å². The minimum absolute atomic E-state index is 0.419. The van der Waals surface area contributed by atoms with Crippen LogP contribution in [0.1, 0.15) is 26.2 Å². The van der Waals surface area contributed by atoms with Crippen LogP contribution in [0.4, 0.5) is 0 Å². The smallest absolute Gasteiger partial charge is 0.0711 e. The van der Waals surface area contributed by atoms with Gasteiger partial charge in [-0.05, 0) is 39.4 Å². The van der Waals surface area contributed by atoms with Gasteiger partial charge in [0.15, 0.2) is 0 Å². The van der Waals surface area contributed by atoms with Gasteiger partial charge in [0.05, 0.1) is 6.10 Å². The van der Waals surface area contributed by atoms with Crippen molar-refractivity contribution in [3.05, 3.63) is 0 Å². The molecule has 2 saturated heterocycles. The number of nitrogens with one attached hydrogen (secondary N) is 1. The summed E-state index contributed by atoms with van der Waals surface area (Å²) in [6.45, 7) is 8.14. The van der Waals surface area contributed by atoms with E-state index in [1.807, 2.05) is 7.11 Å². The molecular formula is C14H29N3O. The molecule has 18 heavy (non-hydrogen) atoms. The van der Waals surface area contributed by atoms with Crippen LogP contribution in [0.25, 0.3) is 0 Å². The van der Waals surface area contributed by atoms with Gasteiger partial charge in [-0.1, -0.05) is 6.92 Å². The molecule has 106 valence electrons. The third-order valence-corrected chi connectivity index (χ3v) is 4.47. The number of hydrogen-bond acceptors (Lipinski definition) is 4. The van der Waals surface area contributed by atoms with Crippen molar-refractivity contribution in [2.24, 2.45) is 0 Å². The quantitative estimate of drug-likeness (QED) is 0.759. The number of ether oxygens (including phenoxy) is 1. The van der Waals surface area contributed by atoms with Gasteiger partial charge in [-0.15, -0.1) is 0 Å². The molecule has 0 aromatic carbocycles. The third-order valence-electron chi connectivity index (χ3n) is 4.47. The molecule has 4 heteroatoms. The van der Waals surface area contributed by atoms with E-state index in [-0.39, 0.29) is 0 Å². The van der Waals surface area contributed by atoms with Crippen LogP contribution >= 0.6 is 0 Å². The minimum Gasteiger partial charge on any atom is -0.380 e. The summed E-state index contributed by atoms with van der Waals surface area (Å²) in [7, 11) is 4.07. The van der Waals surface area contributed by atoms with Gasteiger partial charge in [0.2, 0.25) is 0 Å². The van der Waals surface area contributed by atoms with Crippen molar-refractivity contribution in [3.63, 3.8) is 0 Å². The summed E-state index contributed by atoms with van der Waals surface area (Å²) in [5.41, 5.74) is 0. The van der Waals surface area contributed by atoms with E-state index in [0.717, 1.165) is 25.6 Å². The van der Waals surface area contributed by atoms with Crippen molar-refractivity contribution in [3.8, 4) is 0 Å². The lowest BCUT2D eigenvalue weighted by Gasteiger charge is -2.29. The molecule has 3 unspecified atom stereocenters. The average Bonchev–Trinajstić information content (AvgIpc) is 2.97. The lowest BCUT2D eigenvalue weighted by atomic mass is 10.1. The first-order valence-corrected chi connectivity index (χ1v) is 7.41. The summed E-state index contributed by atoms with van der Waals surface area (Å²) in [4.78, 5) is 5.12. The van der Waals surface area contributed by atoms with Gasteiger partial charge in [-0.2, -0.15) is 0 Å². The van der Waals surface area contributed by atoms with E-state index in [2.05, 4.69) is 29.1 Å². The standard InChI is InChI=1S/C14H29N3O/c1-4-17-7-5-6-13(17)11-16(2)10-12-8-14(18-3)9-15-12/h12-15H,4-11H2,1-3H3. The highest BCUT2D eigenvalue weighted by Gasteiger charge is 2.27. The molecule has 2 heterocycles. The Morgan fingerprint density at radius 2 is 2.22 bits per heavy atom. The van der Waals surface area contributed by atoms with Crippen LogP contribution in [-0.2, 0) is 4.74 Å². The van der Waals surface area contributed by atoms with Crippen molar-refractivity contribution in [2.75, 3.05) is 46.9 Å². The van der Waals surface area contributed by atoms with Crippen LogP contribution in [0.5, 0.6) is 0 Å².